The fourth-order valence-electron chi connectivity index (χ4n) is 1.60. The zero-order valence-electron chi connectivity index (χ0n) is 10.7. The molecule has 102 valence electrons. The van der Waals surface area contributed by atoms with E-state index in [4.69, 9.17) is 23.2 Å². The zero-order chi connectivity index (χ0) is 14.5. The van der Waals surface area contributed by atoms with E-state index in [-0.39, 0.29) is 5.91 Å². The van der Waals surface area contributed by atoms with Gasteiger partial charge in [0.25, 0.3) is 0 Å². The summed E-state index contributed by atoms with van der Waals surface area (Å²) in [6.07, 6.45) is 4.59. The SMILES string of the molecule is Cc1ccnc(NC(=O)/C=C\c2c(Cl)cccc2Cl)c1. The van der Waals surface area contributed by atoms with Crippen LogP contribution in [0.5, 0.6) is 0 Å². The molecule has 0 saturated carbocycles. The van der Waals surface area contributed by atoms with E-state index in [9.17, 15) is 4.79 Å². The smallest absolute Gasteiger partial charge is 0.249 e. The summed E-state index contributed by atoms with van der Waals surface area (Å²) < 4.78 is 0. The van der Waals surface area contributed by atoms with Crippen LogP contribution in [0.4, 0.5) is 5.82 Å². The van der Waals surface area contributed by atoms with Crippen molar-refractivity contribution in [2.24, 2.45) is 0 Å². The highest BCUT2D eigenvalue weighted by Gasteiger charge is 2.03. The monoisotopic (exact) mass is 306 g/mol. The molecule has 2 rings (SSSR count). The topological polar surface area (TPSA) is 42.0 Å². The zero-order valence-corrected chi connectivity index (χ0v) is 12.2. The fourth-order valence-corrected chi connectivity index (χ4v) is 2.12. The van der Waals surface area contributed by atoms with Crippen LogP contribution in [0.25, 0.3) is 6.08 Å². The van der Waals surface area contributed by atoms with Gasteiger partial charge in [-0.2, -0.15) is 0 Å². The second-order valence-corrected chi connectivity index (χ2v) is 4.99. The summed E-state index contributed by atoms with van der Waals surface area (Å²) in [4.78, 5) is 15.8. The largest absolute Gasteiger partial charge is 0.307 e. The molecule has 0 radical (unpaired) electrons. The number of rotatable bonds is 3. The van der Waals surface area contributed by atoms with Crippen molar-refractivity contribution in [2.45, 2.75) is 6.92 Å². The number of carbonyl (C=O) groups is 1. The third kappa shape index (κ3) is 3.83. The van der Waals surface area contributed by atoms with Crippen molar-refractivity contribution >= 4 is 41.0 Å². The molecule has 3 nitrogen and oxygen atoms in total. The summed E-state index contributed by atoms with van der Waals surface area (Å²) in [6, 6.07) is 8.82. The van der Waals surface area contributed by atoms with Gasteiger partial charge >= 0.3 is 0 Å². The average molecular weight is 307 g/mol. The van der Waals surface area contributed by atoms with Crippen molar-refractivity contribution in [1.82, 2.24) is 4.98 Å². The number of hydrogen-bond donors (Lipinski definition) is 1. The summed E-state index contributed by atoms with van der Waals surface area (Å²) in [6.45, 7) is 1.93. The lowest BCUT2D eigenvalue weighted by Crippen LogP contribution is -2.09. The number of benzene rings is 1. The Balaban J connectivity index is 2.10. The first-order chi connectivity index (χ1) is 9.56. The normalized spacial score (nSPS) is 10.8. The van der Waals surface area contributed by atoms with Crippen LogP contribution in [0, 0.1) is 6.92 Å². The first-order valence-corrected chi connectivity index (χ1v) is 6.67. The molecule has 1 amide bonds. The van der Waals surface area contributed by atoms with Gasteiger partial charge in [-0.1, -0.05) is 29.3 Å². The number of pyridine rings is 1. The lowest BCUT2D eigenvalue weighted by Gasteiger charge is -2.03. The van der Waals surface area contributed by atoms with Crippen molar-refractivity contribution in [3.8, 4) is 0 Å². The number of nitrogens with zero attached hydrogens (tertiary/aromatic N) is 1. The summed E-state index contributed by atoms with van der Waals surface area (Å²) in [5.74, 6) is 0.212. The predicted octanol–water partition coefficient (Wildman–Crippen LogP) is 4.35. The standard InChI is InChI=1S/C15H12Cl2N2O/c1-10-7-8-18-14(9-10)19-15(20)6-5-11-12(16)3-2-4-13(11)17/h2-9H,1H3,(H,18,19,20)/b6-5-. The Labute approximate surface area is 127 Å². The van der Waals surface area contributed by atoms with Gasteiger partial charge in [-0.25, -0.2) is 4.98 Å². The third-order valence-electron chi connectivity index (χ3n) is 2.57. The van der Waals surface area contributed by atoms with Gasteiger partial charge in [0.2, 0.25) is 5.91 Å². The van der Waals surface area contributed by atoms with Crippen molar-refractivity contribution in [2.75, 3.05) is 5.32 Å². The molecular weight excluding hydrogens is 295 g/mol. The predicted molar refractivity (Wildman–Crippen MR) is 83.1 cm³/mol. The van der Waals surface area contributed by atoms with Crippen LogP contribution in [0.15, 0.2) is 42.6 Å². The van der Waals surface area contributed by atoms with E-state index in [2.05, 4.69) is 10.3 Å². The molecule has 0 spiro atoms. The highest BCUT2D eigenvalue weighted by molar-refractivity contribution is 6.37. The molecule has 1 heterocycles. The summed E-state index contributed by atoms with van der Waals surface area (Å²) in [5, 5.41) is 3.66. The Hall–Kier alpha value is -1.84. The van der Waals surface area contributed by atoms with Gasteiger partial charge in [0.05, 0.1) is 0 Å². The molecule has 0 aliphatic heterocycles. The van der Waals surface area contributed by atoms with Crippen molar-refractivity contribution in [1.29, 1.82) is 0 Å². The van der Waals surface area contributed by atoms with Gasteiger partial charge in [0.1, 0.15) is 5.82 Å². The summed E-state index contributed by atoms with van der Waals surface area (Å²) >= 11 is 12.0. The van der Waals surface area contributed by atoms with Crippen LogP contribution in [0.1, 0.15) is 11.1 Å². The molecule has 0 saturated heterocycles. The maximum atomic E-state index is 11.8. The molecule has 0 aliphatic carbocycles. The van der Waals surface area contributed by atoms with Crippen LogP contribution in [0.2, 0.25) is 10.0 Å². The molecule has 0 fully saturated rings. The summed E-state index contributed by atoms with van der Waals surface area (Å²) in [7, 11) is 0. The number of aromatic nitrogens is 1. The fraction of sp³-hybridized carbons (Fsp3) is 0.0667. The average Bonchev–Trinajstić information content (AvgIpc) is 2.38. The van der Waals surface area contributed by atoms with Crippen LogP contribution in [0.3, 0.4) is 0 Å². The first-order valence-electron chi connectivity index (χ1n) is 5.92. The van der Waals surface area contributed by atoms with Gasteiger partial charge < -0.3 is 5.32 Å². The molecule has 0 bridgehead atoms. The molecular formula is C15H12Cl2N2O. The Morgan fingerprint density at radius 1 is 1.25 bits per heavy atom. The quantitative estimate of drug-likeness (QED) is 0.857. The molecule has 0 unspecified atom stereocenters. The molecule has 1 aromatic heterocycles. The highest BCUT2D eigenvalue weighted by Crippen LogP contribution is 2.25. The molecule has 0 aliphatic rings. The summed E-state index contributed by atoms with van der Waals surface area (Å²) in [5.41, 5.74) is 1.64. The number of carbonyl (C=O) groups excluding carboxylic acids is 1. The molecule has 2 aromatic rings. The molecule has 5 heteroatoms. The van der Waals surface area contributed by atoms with Gasteiger partial charge in [0, 0.05) is 27.9 Å². The number of nitrogens with one attached hydrogen (secondary N) is 1. The van der Waals surface area contributed by atoms with E-state index in [0.717, 1.165) is 5.56 Å². The van der Waals surface area contributed by atoms with Gasteiger partial charge in [-0.15, -0.1) is 0 Å². The van der Waals surface area contributed by atoms with E-state index in [1.807, 2.05) is 13.0 Å². The number of halogens is 2. The molecule has 0 atom stereocenters. The van der Waals surface area contributed by atoms with Gasteiger partial charge in [-0.3, -0.25) is 4.79 Å². The lowest BCUT2D eigenvalue weighted by atomic mass is 10.2. The maximum absolute atomic E-state index is 11.8. The van der Waals surface area contributed by atoms with E-state index in [0.29, 0.717) is 21.4 Å². The van der Waals surface area contributed by atoms with Crippen LogP contribution in [-0.2, 0) is 4.79 Å². The van der Waals surface area contributed by atoms with Crippen molar-refractivity contribution < 1.29 is 4.79 Å². The first kappa shape index (κ1) is 14.6. The number of amides is 1. The maximum Gasteiger partial charge on any atom is 0.249 e. The number of hydrogen-bond acceptors (Lipinski definition) is 2. The van der Waals surface area contributed by atoms with Gasteiger partial charge in [0.15, 0.2) is 0 Å². The lowest BCUT2D eigenvalue weighted by molar-refractivity contribution is -0.111. The minimum absolute atomic E-state index is 0.293. The van der Waals surface area contributed by atoms with Crippen LogP contribution in [-0.4, -0.2) is 10.9 Å². The van der Waals surface area contributed by atoms with E-state index >= 15 is 0 Å². The minimum Gasteiger partial charge on any atom is -0.307 e. The Morgan fingerprint density at radius 2 is 1.95 bits per heavy atom. The van der Waals surface area contributed by atoms with E-state index in [1.165, 1.54) is 6.08 Å². The van der Waals surface area contributed by atoms with Gasteiger partial charge in [-0.05, 0) is 42.8 Å². The molecule has 1 aromatic carbocycles. The second kappa shape index (κ2) is 6.55. The number of aryl methyl sites for hydroxylation is 1. The minimum atomic E-state index is -0.293. The Morgan fingerprint density at radius 3 is 2.60 bits per heavy atom. The second-order valence-electron chi connectivity index (χ2n) is 4.18. The molecule has 20 heavy (non-hydrogen) atoms. The highest BCUT2D eigenvalue weighted by atomic mass is 35.5. The Kier molecular flexibility index (Phi) is 4.77. The third-order valence-corrected chi connectivity index (χ3v) is 3.23. The number of anilines is 1. The Bertz CT molecular complexity index is 648. The molecule has 1 N–H and O–H groups in total. The van der Waals surface area contributed by atoms with Crippen LogP contribution >= 0.6 is 23.2 Å². The van der Waals surface area contributed by atoms with E-state index < -0.39 is 0 Å². The van der Waals surface area contributed by atoms with Crippen molar-refractivity contribution in [3.63, 3.8) is 0 Å². The van der Waals surface area contributed by atoms with E-state index in [1.54, 1.807) is 36.5 Å². The van der Waals surface area contributed by atoms with Crippen molar-refractivity contribution in [3.05, 3.63) is 63.8 Å². The van der Waals surface area contributed by atoms with Crippen LogP contribution < -0.4 is 5.32 Å².